The summed E-state index contributed by atoms with van der Waals surface area (Å²) < 4.78 is 10.7. The SMILES string of the molecule is [B][C@@H]1O[C@@]2(CO)CCCOC1[C@H]2O. The molecule has 0 aliphatic carbocycles. The normalized spacial score (nSPS) is 50.5. The summed E-state index contributed by atoms with van der Waals surface area (Å²) >= 11 is 0. The molecular formula is C8H13BO4. The molecule has 0 aromatic heterocycles. The third-order valence-corrected chi connectivity index (χ3v) is 2.87. The first-order valence-corrected chi connectivity index (χ1v) is 4.53. The van der Waals surface area contributed by atoms with Gasteiger partial charge in [0.2, 0.25) is 0 Å². The van der Waals surface area contributed by atoms with Crippen LogP contribution in [0.25, 0.3) is 0 Å². The summed E-state index contributed by atoms with van der Waals surface area (Å²) in [5, 5.41) is 19.0. The van der Waals surface area contributed by atoms with E-state index in [1.165, 1.54) is 0 Å². The number of fused-ring (bicyclic) bond motifs is 2. The van der Waals surface area contributed by atoms with E-state index in [-0.39, 0.29) is 6.61 Å². The molecule has 2 bridgehead atoms. The van der Waals surface area contributed by atoms with E-state index < -0.39 is 23.8 Å². The molecule has 2 fully saturated rings. The molecule has 4 nitrogen and oxygen atoms in total. The predicted molar refractivity (Wildman–Crippen MR) is 45.4 cm³/mol. The minimum Gasteiger partial charge on any atom is -0.393 e. The fourth-order valence-corrected chi connectivity index (χ4v) is 2.08. The Balaban J connectivity index is 2.24. The lowest BCUT2D eigenvalue weighted by Gasteiger charge is -2.28. The summed E-state index contributed by atoms with van der Waals surface area (Å²) in [7, 11) is 5.62. The number of aliphatic hydroxyl groups excluding tert-OH is 2. The van der Waals surface area contributed by atoms with Crippen molar-refractivity contribution < 1.29 is 19.7 Å². The zero-order valence-corrected chi connectivity index (χ0v) is 7.35. The van der Waals surface area contributed by atoms with E-state index in [1.54, 1.807) is 0 Å². The highest BCUT2D eigenvalue weighted by Gasteiger charge is 2.53. The Morgan fingerprint density at radius 2 is 2.31 bits per heavy atom. The van der Waals surface area contributed by atoms with Crippen molar-refractivity contribution >= 4 is 7.85 Å². The predicted octanol–water partition coefficient (Wildman–Crippen LogP) is -1.22. The summed E-state index contributed by atoms with van der Waals surface area (Å²) in [6.07, 6.45) is 0.0695. The zero-order chi connectivity index (χ0) is 9.47. The van der Waals surface area contributed by atoms with Crippen LogP contribution in [0.1, 0.15) is 12.8 Å². The van der Waals surface area contributed by atoms with Gasteiger partial charge in [0.05, 0.1) is 6.61 Å². The van der Waals surface area contributed by atoms with E-state index in [1.807, 2.05) is 0 Å². The molecule has 2 rings (SSSR count). The molecular weight excluding hydrogens is 171 g/mol. The molecule has 13 heavy (non-hydrogen) atoms. The average Bonchev–Trinajstić information content (AvgIpc) is 2.26. The molecule has 2 radical (unpaired) electrons. The largest absolute Gasteiger partial charge is 0.393 e. The topological polar surface area (TPSA) is 58.9 Å². The van der Waals surface area contributed by atoms with Crippen LogP contribution in [0.4, 0.5) is 0 Å². The van der Waals surface area contributed by atoms with Gasteiger partial charge in [0.1, 0.15) is 25.7 Å². The van der Waals surface area contributed by atoms with E-state index in [9.17, 15) is 10.2 Å². The van der Waals surface area contributed by atoms with Gasteiger partial charge in [-0.15, -0.1) is 0 Å². The highest BCUT2D eigenvalue weighted by atomic mass is 16.6. The lowest BCUT2D eigenvalue weighted by Crippen LogP contribution is -2.45. The number of aliphatic hydroxyl groups is 2. The molecule has 2 saturated heterocycles. The van der Waals surface area contributed by atoms with Crippen LogP contribution in [0.15, 0.2) is 0 Å². The van der Waals surface area contributed by atoms with Crippen molar-refractivity contribution in [1.82, 2.24) is 0 Å². The van der Waals surface area contributed by atoms with E-state index >= 15 is 0 Å². The number of hydrogen-bond donors (Lipinski definition) is 2. The molecule has 0 spiro atoms. The molecule has 0 aromatic rings. The smallest absolute Gasteiger partial charge is 0.119 e. The minimum atomic E-state index is -0.888. The van der Waals surface area contributed by atoms with Gasteiger partial charge in [0.15, 0.2) is 0 Å². The second-order valence-corrected chi connectivity index (χ2v) is 3.69. The van der Waals surface area contributed by atoms with Crippen molar-refractivity contribution in [3.05, 3.63) is 0 Å². The average molecular weight is 184 g/mol. The summed E-state index contributed by atoms with van der Waals surface area (Å²) in [5.74, 6) is 0. The van der Waals surface area contributed by atoms with Gasteiger partial charge in [0, 0.05) is 12.6 Å². The Kier molecular flexibility index (Phi) is 2.36. The van der Waals surface area contributed by atoms with Gasteiger partial charge in [-0.05, 0) is 12.8 Å². The van der Waals surface area contributed by atoms with Crippen molar-refractivity contribution in [1.29, 1.82) is 0 Å². The van der Waals surface area contributed by atoms with Gasteiger partial charge in [-0.25, -0.2) is 0 Å². The molecule has 0 aromatic carbocycles. The van der Waals surface area contributed by atoms with Crippen LogP contribution < -0.4 is 0 Å². The highest BCUT2D eigenvalue weighted by molar-refractivity contribution is 6.11. The van der Waals surface area contributed by atoms with Crippen molar-refractivity contribution in [3.8, 4) is 0 Å². The minimum absolute atomic E-state index is 0.207. The Labute approximate surface area is 78.2 Å². The van der Waals surface area contributed by atoms with Crippen LogP contribution in [-0.4, -0.2) is 55.1 Å². The lowest BCUT2D eigenvalue weighted by molar-refractivity contribution is -0.102. The summed E-state index contributed by atoms with van der Waals surface area (Å²) in [5.41, 5.74) is -0.888. The molecule has 0 amide bonds. The van der Waals surface area contributed by atoms with Crippen LogP contribution in [0, 0.1) is 0 Å². The lowest BCUT2D eigenvalue weighted by atomic mass is 9.88. The van der Waals surface area contributed by atoms with E-state index in [4.69, 9.17) is 17.3 Å². The van der Waals surface area contributed by atoms with E-state index in [0.29, 0.717) is 13.0 Å². The van der Waals surface area contributed by atoms with Gasteiger partial charge in [-0.3, -0.25) is 0 Å². The second-order valence-electron chi connectivity index (χ2n) is 3.69. The van der Waals surface area contributed by atoms with Crippen molar-refractivity contribution in [3.63, 3.8) is 0 Å². The molecule has 0 saturated carbocycles. The third kappa shape index (κ3) is 1.31. The molecule has 1 unspecified atom stereocenters. The van der Waals surface area contributed by atoms with Crippen molar-refractivity contribution in [2.45, 2.75) is 36.7 Å². The second kappa shape index (κ2) is 3.24. The molecule has 4 atom stereocenters. The fourth-order valence-electron chi connectivity index (χ4n) is 2.08. The van der Waals surface area contributed by atoms with E-state index in [2.05, 4.69) is 0 Å². The highest BCUT2D eigenvalue weighted by Crippen LogP contribution is 2.37. The fraction of sp³-hybridized carbons (Fsp3) is 1.00. The van der Waals surface area contributed by atoms with Crippen LogP contribution in [0.5, 0.6) is 0 Å². The number of hydrogen-bond acceptors (Lipinski definition) is 4. The monoisotopic (exact) mass is 184 g/mol. The van der Waals surface area contributed by atoms with Crippen LogP contribution in [0.3, 0.4) is 0 Å². The first-order valence-electron chi connectivity index (χ1n) is 4.53. The van der Waals surface area contributed by atoms with Crippen molar-refractivity contribution in [2.75, 3.05) is 13.2 Å². The third-order valence-electron chi connectivity index (χ3n) is 2.87. The van der Waals surface area contributed by atoms with Gasteiger partial charge in [-0.2, -0.15) is 0 Å². The molecule has 2 aliphatic rings. The summed E-state index contributed by atoms with van der Waals surface area (Å²) in [4.78, 5) is 0. The Bertz CT molecular complexity index is 201. The van der Waals surface area contributed by atoms with E-state index in [0.717, 1.165) is 6.42 Å². The standard InChI is InChI=1S/C8H13BO4/c9-7-5-6(11)8(4-10,13-7)2-1-3-12-5/h5-7,10-11H,1-4H2/t5?,6-,7-,8-/m1/s1. The summed E-state index contributed by atoms with van der Waals surface area (Å²) in [6.45, 7) is 0.363. The van der Waals surface area contributed by atoms with Crippen LogP contribution in [-0.2, 0) is 9.47 Å². The van der Waals surface area contributed by atoms with Gasteiger partial charge < -0.3 is 19.7 Å². The maximum Gasteiger partial charge on any atom is 0.119 e. The van der Waals surface area contributed by atoms with Crippen LogP contribution >= 0.6 is 0 Å². The quantitative estimate of drug-likeness (QED) is 0.501. The molecule has 2 heterocycles. The molecule has 2 aliphatic heterocycles. The van der Waals surface area contributed by atoms with Gasteiger partial charge >= 0.3 is 0 Å². The zero-order valence-electron chi connectivity index (χ0n) is 7.35. The van der Waals surface area contributed by atoms with Crippen molar-refractivity contribution in [2.24, 2.45) is 0 Å². The van der Waals surface area contributed by atoms with Gasteiger partial charge in [0.25, 0.3) is 0 Å². The Hall–Kier alpha value is -0.0951. The summed E-state index contributed by atoms with van der Waals surface area (Å²) in [6, 6.07) is -0.623. The first-order chi connectivity index (χ1) is 6.19. The first kappa shape index (κ1) is 9.46. The maximum absolute atomic E-state index is 9.82. The van der Waals surface area contributed by atoms with Crippen LogP contribution in [0.2, 0.25) is 0 Å². The molecule has 72 valence electrons. The molecule has 2 N–H and O–H groups in total. The maximum atomic E-state index is 9.82. The number of rotatable bonds is 1. The number of ether oxygens (including phenoxy) is 2. The Morgan fingerprint density at radius 1 is 1.54 bits per heavy atom. The molecule has 5 heteroatoms. The Morgan fingerprint density at radius 3 is 3.00 bits per heavy atom. The van der Waals surface area contributed by atoms with Gasteiger partial charge in [-0.1, -0.05) is 0 Å².